The van der Waals surface area contributed by atoms with E-state index in [0.717, 1.165) is 48.4 Å². The molecule has 2 rings (SSSR count). The standard InChI is InChI=1S/C19H24N2O3S/c1-14-13-25-19(21-14)16-9-7-8-15(12-16)18(24)20-11-6-4-2-3-5-10-17(22)23/h7-9,12-13H,2-6,10-11H2,1H3,(H,20,24)(H,22,23). The number of nitrogens with one attached hydrogen (secondary N) is 1. The van der Waals surface area contributed by atoms with Gasteiger partial charge in [-0.2, -0.15) is 0 Å². The number of rotatable bonds is 10. The van der Waals surface area contributed by atoms with Crippen LogP contribution in [0.4, 0.5) is 0 Å². The summed E-state index contributed by atoms with van der Waals surface area (Å²) in [5.74, 6) is -0.802. The van der Waals surface area contributed by atoms with E-state index in [1.54, 1.807) is 11.3 Å². The zero-order valence-electron chi connectivity index (χ0n) is 14.5. The molecule has 2 N–H and O–H groups in total. The second-order valence-electron chi connectivity index (χ2n) is 6.04. The Morgan fingerprint density at radius 1 is 1.16 bits per heavy atom. The zero-order chi connectivity index (χ0) is 18.1. The maximum absolute atomic E-state index is 12.3. The van der Waals surface area contributed by atoms with Gasteiger partial charge in [-0.1, -0.05) is 31.4 Å². The van der Waals surface area contributed by atoms with Crippen molar-refractivity contribution < 1.29 is 14.7 Å². The van der Waals surface area contributed by atoms with E-state index in [1.807, 2.05) is 36.6 Å². The third kappa shape index (κ3) is 6.66. The fourth-order valence-electron chi connectivity index (χ4n) is 2.52. The maximum Gasteiger partial charge on any atom is 0.303 e. The molecule has 1 aromatic heterocycles. The summed E-state index contributed by atoms with van der Waals surface area (Å²) < 4.78 is 0. The number of carboxylic acid groups (broad SMARTS) is 1. The summed E-state index contributed by atoms with van der Waals surface area (Å²) in [4.78, 5) is 27.1. The lowest BCUT2D eigenvalue weighted by Gasteiger charge is -2.06. The number of nitrogens with zero attached hydrogens (tertiary/aromatic N) is 1. The lowest BCUT2D eigenvalue weighted by atomic mass is 10.1. The average molecular weight is 360 g/mol. The van der Waals surface area contributed by atoms with Gasteiger partial charge in [-0.15, -0.1) is 11.3 Å². The average Bonchev–Trinajstić information content (AvgIpc) is 3.03. The Hall–Kier alpha value is -2.21. The van der Waals surface area contributed by atoms with E-state index in [1.165, 1.54) is 0 Å². The van der Waals surface area contributed by atoms with Gasteiger partial charge in [-0.25, -0.2) is 4.98 Å². The molecule has 0 aliphatic rings. The largest absolute Gasteiger partial charge is 0.481 e. The molecular weight excluding hydrogens is 336 g/mol. The van der Waals surface area contributed by atoms with Gasteiger partial charge in [0.1, 0.15) is 5.01 Å². The minimum Gasteiger partial charge on any atom is -0.481 e. The molecule has 1 aromatic carbocycles. The van der Waals surface area contributed by atoms with Gasteiger partial charge in [0, 0.05) is 35.2 Å². The van der Waals surface area contributed by atoms with Gasteiger partial charge in [-0.3, -0.25) is 9.59 Å². The monoisotopic (exact) mass is 360 g/mol. The molecule has 0 radical (unpaired) electrons. The minimum atomic E-state index is -0.734. The van der Waals surface area contributed by atoms with Gasteiger partial charge in [0.05, 0.1) is 0 Å². The first-order valence-electron chi connectivity index (χ1n) is 8.59. The Morgan fingerprint density at radius 2 is 1.92 bits per heavy atom. The number of aliphatic carboxylic acids is 1. The van der Waals surface area contributed by atoms with Crippen molar-refractivity contribution in [2.45, 2.75) is 45.4 Å². The summed E-state index contributed by atoms with van der Waals surface area (Å²) in [5.41, 5.74) is 2.59. The Labute approximate surface area is 152 Å². The summed E-state index contributed by atoms with van der Waals surface area (Å²) in [5, 5.41) is 14.4. The summed E-state index contributed by atoms with van der Waals surface area (Å²) in [6.45, 7) is 2.59. The second kappa shape index (κ2) is 9.93. The van der Waals surface area contributed by atoms with Crippen molar-refractivity contribution >= 4 is 23.2 Å². The highest BCUT2D eigenvalue weighted by molar-refractivity contribution is 7.13. The van der Waals surface area contributed by atoms with Crippen molar-refractivity contribution in [1.29, 1.82) is 0 Å². The molecule has 1 amide bonds. The van der Waals surface area contributed by atoms with Crippen molar-refractivity contribution in [3.05, 3.63) is 40.9 Å². The van der Waals surface area contributed by atoms with Crippen LogP contribution in [0.5, 0.6) is 0 Å². The first-order valence-corrected chi connectivity index (χ1v) is 9.47. The van der Waals surface area contributed by atoms with E-state index in [-0.39, 0.29) is 12.3 Å². The number of carbonyl (C=O) groups excluding carboxylic acids is 1. The van der Waals surface area contributed by atoms with Crippen molar-refractivity contribution in [3.63, 3.8) is 0 Å². The first kappa shape index (κ1) is 19.1. The number of hydrogen-bond acceptors (Lipinski definition) is 4. The van der Waals surface area contributed by atoms with Gasteiger partial charge in [0.15, 0.2) is 0 Å². The van der Waals surface area contributed by atoms with Crippen LogP contribution in [-0.4, -0.2) is 28.5 Å². The van der Waals surface area contributed by atoms with E-state index in [4.69, 9.17) is 5.11 Å². The molecule has 0 atom stereocenters. The van der Waals surface area contributed by atoms with Gasteiger partial charge < -0.3 is 10.4 Å². The molecule has 0 saturated carbocycles. The third-order valence-corrected chi connectivity index (χ3v) is 4.85. The predicted molar refractivity (Wildman–Crippen MR) is 100.0 cm³/mol. The fraction of sp³-hybridized carbons (Fsp3) is 0.421. The number of carboxylic acids is 1. The molecule has 6 heteroatoms. The number of aryl methyl sites for hydroxylation is 1. The van der Waals surface area contributed by atoms with Crippen LogP contribution in [0.2, 0.25) is 0 Å². The molecule has 2 aromatic rings. The Balaban J connectivity index is 1.71. The summed E-state index contributed by atoms with van der Waals surface area (Å²) in [6, 6.07) is 7.53. The quantitative estimate of drug-likeness (QED) is 0.620. The maximum atomic E-state index is 12.3. The number of carbonyl (C=O) groups is 2. The fourth-order valence-corrected chi connectivity index (χ4v) is 3.31. The molecule has 0 aliphatic carbocycles. The van der Waals surface area contributed by atoms with Crippen LogP contribution >= 0.6 is 11.3 Å². The Bertz CT molecular complexity index is 712. The van der Waals surface area contributed by atoms with Crippen LogP contribution in [-0.2, 0) is 4.79 Å². The summed E-state index contributed by atoms with van der Waals surface area (Å²) in [7, 11) is 0. The molecule has 0 unspecified atom stereocenters. The highest BCUT2D eigenvalue weighted by atomic mass is 32.1. The molecule has 1 heterocycles. The van der Waals surface area contributed by atoms with Crippen LogP contribution in [0.3, 0.4) is 0 Å². The van der Waals surface area contributed by atoms with Gasteiger partial charge in [0.25, 0.3) is 5.91 Å². The summed E-state index contributed by atoms with van der Waals surface area (Å²) in [6.07, 6.45) is 4.80. The molecule has 0 spiro atoms. The van der Waals surface area contributed by atoms with Crippen LogP contribution < -0.4 is 5.32 Å². The predicted octanol–water partition coefficient (Wildman–Crippen LogP) is 4.27. The lowest BCUT2D eigenvalue weighted by Crippen LogP contribution is -2.24. The Kier molecular flexibility index (Phi) is 7.60. The van der Waals surface area contributed by atoms with E-state index in [9.17, 15) is 9.59 Å². The molecule has 0 saturated heterocycles. The van der Waals surface area contributed by atoms with E-state index < -0.39 is 5.97 Å². The second-order valence-corrected chi connectivity index (χ2v) is 6.90. The van der Waals surface area contributed by atoms with Crippen molar-refractivity contribution in [3.8, 4) is 10.6 Å². The molecule has 0 fully saturated rings. The van der Waals surface area contributed by atoms with E-state index in [2.05, 4.69) is 10.3 Å². The SMILES string of the molecule is Cc1csc(-c2cccc(C(=O)NCCCCCCCC(=O)O)c2)n1. The van der Waals surface area contributed by atoms with Gasteiger partial charge in [0.2, 0.25) is 0 Å². The van der Waals surface area contributed by atoms with Gasteiger partial charge >= 0.3 is 5.97 Å². The summed E-state index contributed by atoms with van der Waals surface area (Å²) >= 11 is 1.58. The molecule has 134 valence electrons. The molecule has 0 bridgehead atoms. The van der Waals surface area contributed by atoms with E-state index in [0.29, 0.717) is 12.1 Å². The minimum absolute atomic E-state index is 0.0685. The van der Waals surface area contributed by atoms with Crippen molar-refractivity contribution in [1.82, 2.24) is 10.3 Å². The third-order valence-electron chi connectivity index (χ3n) is 3.84. The topological polar surface area (TPSA) is 79.3 Å². The molecular formula is C19H24N2O3S. The number of aromatic nitrogens is 1. The first-order chi connectivity index (χ1) is 12.1. The zero-order valence-corrected chi connectivity index (χ0v) is 15.3. The van der Waals surface area contributed by atoms with Crippen LogP contribution in [0, 0.1) is 6.92 Å². The number of hydrogen-bond donors (Lipinski definition) is 2. The lowest BCUT2D eigenvalue weighted by molar-refractivity contribution is -0.137. The smallest absolute Gasteiger partial charge is 0.303 e. The van der Waals surface area contributed by atoms with Crippen LogP contribution in [0.15, 0.2) is 29.6 Å². The Morgan fingerprint density at radius 3 is 2.64 bits per heavy atom. The number of unbranched alkanes of at least 4 members (excludes halogenated alkanes) is 4. The van der Waals surface area contributed by atoms with Crippen LogP contribution in [0.25, 0.3) is 10.6 Å². The molecule has 25 heavy (non-hydrogen) atoms. The highest BCUT2D eigenvalue weighted by Crippen LogP contribution is 2.24. The number of thiazole rings is 1. The van der Waals surface area contributed by atoms with Crippen LogP contribution in [0.1, 0.15) is 54.6 Å². The molecule has 5 nitrogen and oxygen atoms in total. The highest BCUT2D eigenvalue weighted by Gasteiger charge is 2.08. The van der Waals surface area contributed by atoms with E-state index >= 15 is 0 Å². The van der Waals surface area contributed by atoms with Crippen molar-refractivity contribution in [2.24, 2.45) is 0 Å². The normalized spacial score (nSPS) is 10.6. The molecule has 0 aliphatic heterocycles. The van der Waals surface area contributed by atoms with Gasteiger partial charge in [-0.05, 0) is 31.9 Å². The number of amides is 1. The van der Waals surface area contributed by atoms with Crippen molar-refractivity contribution in [2.75, 3.05) is 6.54 Å². The number of benzene rings is 1.